The first-order valence-corrected chi connectivity index (χ1v) is 4.87. The molecule has 0 amide bonds. The lowest BCUT2D eigenvalue weighted by atomic mass is 9.78. The van der Waals surface area contributed by atoms with E-state index < -0.39 is 13.1 Å². The zero-order valence-electron chi connectivity index (χ0n) is 8.80. The SMILES string of the molecule is COc1cc(C(=O)O)ccc1B1OCCO1. The van der Waals surface area contributed by atoms with Crippen molar-refractivity contribution in [2.75, 3.05) is 20.3 Å². The average Bonchev–Trinajstić information content (AvgIpc) is 2.81. The smallest absolute Gasteiger partial charge is 0.497 e. The van der Waals surface area contributed by atoms with E-state index in [9.17, 15) is 4.79 Å². The van der Waals surface area contributed by atoms with Gasteiger partial charge in [0, 0.05) is 5.46 Å². The van der Waals surface area contributed by atoms with Crippen LogP contribution in [-0.2, 0) is 9.31 Å². The number of hydrogen-bond acceptors (Lipinski definition) is 4. The Hall–Kier alpha value is -1.53. The fraction of sp³-hybridized carbons (Fsp3) is 0.300. The molecule has 0 aromatic heterocycles. The molecule has 0 aliphatic carbocycles. The van der Waals surface area contributed by atoms with Gasteiger partial charge in [-0.3, -0.25) is 0 Å². The van der Waals surface area contributed by atoms with Gasteiger partial charge in [0.2, 0.25) is 0 Å². The number of hydrogen-bond donors (Lipinski definition) is 1. The Balaban J connectivity index is 2.34. The van der Waals surface area contributed by atoms with Crippen molar-refractivity contribution in [3.05, 3.63) is 23.8 Å². The Morgan fingerprint density at radius 1 is 1.44 bits per heavy atom. The first-order valence-electron chi connectivity index (χ1n) is 4.87. The second-order valence-electron chi connectivity index (χ2n) is 3.34. The van der Waals surface area contributed by atoms with Gasteiger partial charge in [-0.25, -0.2) is 4.79 Å². The molecular formula is C10H11BO5. The maximum Gasteiger partial charge on any atom is 0.497 e. The zero-order valence-corrected chi connectivity index (χ0v) is 8.80. The minimum atomic E-state index is -0.988. The number of aromatic carboxylic acids is 1. The Bertz CT molecular complexity index is 400. The lowest BCUT2D eigenvalue weighted by Crippen LogP contribution is -2.33. The van der Waals surface area contributed by atoms with Gasteiger partial charge in [0.05, 0.1) is 25.9 Å². The molecule has 1 aromatic carbocycles. The van der Waals surface area contributed by atoms with Crippen molar-refractivity contribution >= 4 is 18.6 Å². The molecule has 1 N–H and O–H groups in total. The Labute approximate surface area is 93.1 Å². The fourth-order valence-corrected chi connectivity index (χ4v) is 1.58. The van der Waals surface area contributed by atoms with Crippen LogP contribution in [0.15, 0.2) is 18.2 Å². The summed E-state index contributed by atoms with van der Waals surface area (Å²) >= 11 is 0. The van der Waals surface area contributed by atoms with Crippen LogP contribution in [0.3, 0.4) is 0 Å². The molecule has 0 atom stereocenters. The molecule has 0 unspecified atom stereocenters. The van der Waals surface area contributed by atoms with E-state index in [0.717, 1.165) is 0 Å². The van der Waals surface area contributed by atoms with Crippen LogP contribution in [0.5, 0.6) is 5.75 Å². The van der Waals surface area contributed by atoms with Crippen LogP contribution in [0.2, 0.25) is 0 Å². The van der Waals surface area contributed by atoms with E-state index in [2.05, 4.69) is 0 Å². The lowest BCUT2D eigenvalue weighted by molar-refractivity contribution is 0.0696. The van der Waals surface area contributed by atoms with Gasteiger partial charge in [0.25, 0.3) is 0 Å². The number of rotatable bonds is 3. The van der Waals surface area contributed by atoms with Gasteiger partial charge in [0.15, 0.2) is 0 Å². The van der Waals surface area contributed by atoms with E-state index in [4.69, 9.17) is 19.2 Å². The molecule has 0 saturated carbocycles. The number of ether oxygens (including phenoxy) is 1. The van der Waals surface area contributed by atoms with Gasteiger partial charge in [0.1, 0.15) is 5.75 Å². The molecule has 5 nitrogen and oxygen atoms in total. The maximum absolute atomic E-state index is 10.8. The quantitative estimate of drug-likeness (QED) is 0.736. The van der Waals surface area contributed by atoms with Crippen molar-refractivity contribution < 1.29 is 23.9 Å². The molecule has 1 aliphatic rings. The number of benzene rings is 1. The number of carbonyl (C=O) groups is 1. The molecule has 0 spiro atoms. The van der Waals surface area contributed by atoms with Crippen LogP contribution in [0.1, 0.15) is 10.4 Å². The normalized spacial score (nSPS) is 15.2. The third kappa shape index (κ3) is 2.03. The minimum absolute atomic E-state index is 0.179. The van der Waals surface area contributed by atoms with Crippen LogP contribution in [0, 0.1) is 0 Å². The van der Waals surface area contributed by atoms with E-state index in [-0.39, 0.29) is 5.56 Å². The highest BCUT2D eigenvalue weighted by Gasteiger charge is 2.29. The van der Waals surface area contributed by atoms with Crippen molar-refractivity contribution in [3.8, 4) is 5.75 Å². The third-order valence-corrected chi connectivity index (χ3v) is 2.36. The Kier molecular flexibility index (Phi) is 3.12. The van der Waals surface area contributed by atoms with Crippen LogP contribution < -0.4 is 10.2 Å². The first-order chi connectivity index (χ1) is 7.72. The second kappa shape index (κ2) is 4.55. The molecule has 0 bridgehead atoms. The number of carboxylic acid groups (broad SMARTS) is 1. The summed E-state index contributed by atoms with van der Waals surface area (Å²) in [7, 11) is 1.03. The van der Waals surface area contributed by atoms with Crippen molar-refractivity contribution in [1.82, 2.24) is 0 Å². The highest BCUT2D eigenvalue weighted by molar-refractivity contribution is 6.62. The van der Waals surface area contributed by atoms with Crippen molar-refractivity contribution in [2.24, 2.45) is 0 Å². The van der Waals surface area contributed by atoms with Crippen LogP contribution in [-0.4, -0.2) is 38.5 Å². The highest BCUT2D eigenvalue weighted by Crippen LogP contribution is 2.14. The van der Waals surface area contributed by atoms with Gasteiger partial charge in [-0.2, -0.15) is 0 Å². The minimum Gasteiger partial charge on any atom is -0.497 e. The van der Waals surface area contributed by atoms with E-state index in [1.165, 1.54) is 19.2 Å². The van der Waals surface area contributed by atoms with E-state index >= 15 is 0 Å². The van der Waals surface area contributed by atoms with Crippen LogP contribution in [0.4, 0.5) is 0 Å². The van der Waals surface area contributed by atoms with Crippen LogP contribution >= 0.6 is 0 Å². The van der Waals surface area contributed by atoms with Crippen molar-refractivity contribution in [1.29, 1.82) is 0 Å². The fourth-order valence-electron chi connectivity index (χ4n) is 1.58. The Morgan fingerprint density at radius 2 is 2.12 bits per heavy atom. The van der Waals surface area contributed by atoms with Gasteiger partial charge in [-0.15, -0.1) is 0 Å². The second-order valence-corrected chi connectivity index (χ2v) is 3.34. The molecule has 16 heavy (non-hydrogen) atoms. The zero-order chi connectivity index (χ0) is 11.5. The molecule has 2 rings (SSSR count). The van der Waals surface area contributed by atoms with Gasteiger partial charge in [-0.1, -0.05) is 6.07 Å². The first kappa shape index (κ1) is 11.0. The summed E-state index contributed by atoms with van der Waals surface area (Å²) in [5.74, 6) is -0.523. The summed E-state index contributed by atoms with van der Waals surface area (Å²) < 4.78 is 15.8. The predicted octanol–water partition coefficient (Wildman–Crippen LogP) is 0.135. The molecule has 84 valence electrons. The molecule has 0 radical (unpaired) electrons. The van der Waals surface area contributed by atoms with E-state index in [0.29, 0.717) is 24.4 Å². The van der Waals surface area contributed by atoms with Crippen molar-refractivity contribution in [3.63, 3.8) is 0 Å². The highest BCUT2D eigenvalue weighted by atomic mass is 16.6. The monoisotopic (exact) mass is 222 g/mol. The summed E-state index contributed by atoms with van der Waals surface area (Å²) in [6, 6.07) is 4.62. The predicted molar refractivity (Wildman–Crippen MR) is 57.2 cm³/mol. The molecule has 1 fully saturated rings. The number of carboxylic acids is 1. The summed E-state index contributed by atoms with van der Waals surface area (Å²) in [6.45, 7) is 1.07. The van der Waals surface area contributed by atoms with E-state index in [1.807, 2.05) is 0 Å². The molecule has 1 aliphatic heterocycles. The molecule has 1 aromatic rings. The summed E-state index contributed by atoms with van der Waals surface area (Å²) in [4.78, 5) is 10.8. The topological polar surface area (TPSA) is 65.0 Å². The third-order valence-electron chi connectivity index (χ3n) is 2.36. The Morgan fingerprint density at radius 3 is 2.69 bits per heavy atom. The molecule has 1 saturated heterocycles. The van der Waals surface area contributed by atoms with E-state index in [1.54, 1.807) is 6.07 Å². The van der Waals surface area contributed by atoms with Crippen LogP contribution in [0.25, 0.3) is 0 Å². The largest absolute Gasteiger partial charge is 0.497 e. The summed E-state index contributed by atoms with van der Waals surface area (Å²) in [5.41, 5.74) is 0.892. The van der Waals surface area contributed by atoms with Gasteiger partial charge >= 0.3 is 13.1 Å². The standard InChI is InChI=1S/C10H11BO5/c1-14-9-6-7(10(12)13)2-3-8(9)11-15-4-5-16-11/h2-3,6H,4-5H2,1H3,(H,12,13). The van der Waals surface area contributed by atoms with Gasteiger partial charge in [-0.05, 0) is 12.1 Å². The van der Waals surface area contributed by atoms with Gasteiger partial charge < -0.3 is 19.2 Å². The lowest BCUT2D eigenvalue weighted by Gasteiger charge is -2.10. The summed E-state index contributed by atoms with van der Waals surface area (Å²) in [6.07, 6.45) is 0. The molecule has 6 heteroatoms. The van der Waals surface area contributed by atoms with Crippen molar-refractivity contribution in [2.45, 2.75) is 0 Å². The molecular weight excluding hydrogens is 211 g/mol. The number of methoxy groups -OCH3 is 1. The molecule has 1 heterocycles. The summed E-state index contributed by atoms with van der Waals surface area (Å²) in [5, 5.41) is 8.84. The maximum atomic E-state index is 10.8. The average molecular weight is 222 g/mol.